The molecular weight excluding hydrogens is 296 g/mol. The molecule has 2 aromatic heterocycles. The number of fused-ring (bicyclic) bond motifs is 1. The van der Waals surface area contributed by atoms with Crippen LogP contribution in [0.1, 0.15) is 17.2 Å². The molecule has 1 aromatic carbocycles. The Hall–Kier alpha value is -2.96. The molecule has 0 bridgehead atoms. The molecule has 23 heavy (non-hydrogen) atoms. The number of nitrogens with one attached hydrogen (secondary N) is 1. The minimum atomic E-state index is -0.410. The summed E-state index contributed by atoms with van der Waals surface area (Å²) < 4.78 is 6.71. The zero-order valence-corrected chi connectivity index (χ0v) is 13.1. The highest BCUT2D eigenvalue weighted by molar-refractivity contribution is 5.93. The van der Waals surface area contributed by atoms with E-state index in [2.05, 4.69) is 15.4 Å². The Morgan fingerprint density at radius 3 is 2.74 bits per heavy atom. The van der Waals surface area contributed by atoms with Crippen molar-refractivity contribution in [2.24, 2.45) is 0 Å². The molecule has 3 rings (SSSR count). The van der Waals surface area contributed by atoms with Crippen molar-refractivity contribution in [3.63, 3.8) is 0 Å². The molecular formula is C16H16N4O3. The topological polar surface area (TPSA) is 90.0 Å². The lowest BCUT2D eigenvalue weighted by Crippen LogP contribution is -2.20. The van der Waals surface area contributed by atoms with Crippen LogP contribution in [0, 0.1) is 20.8 Å². The number of benzene rings is 1. The van der Waals surface area contributed by atoms with Gasteiger partial charge in [0.1, 0.15) is 23.8 Å². The molecule has 7 heteroatoms. The molecule has 0 saturated carbocycles. The lowest BCUT2D eigenvalue weighted by Gasteiger charge is -2.07. The number of amides is 1. The molecule has 1 amide bonds. The van der Waals surface area contributed by atoms with Crippen molar-refractivity contribution in [3.05, 3.63) is 51.9 Å². The fourth-order valence-electron chi connectivity index (χ4n) is 2.45. The highest BCUT2D eigenvalue weighted by atomic mass is 16.4. The van der Waals surface area contributed by atoms with Crippen LogP contribution in [0.15, 0.2) is 33.5 Å². The number of hydrogen-bond acceptors (Lipinski definition) is 5. The van der Waals surface area contributed by atoms with Gasteiger partial charge in [-0.05, 0) is 38.5 Å². The number of aryl methyl sites for hydroxylation is 3. The number of nitrogens with zero attached hydrogens (tertiary/aromatic N) is 3. The van der Waals surface area contributed by atoms with E-state index in [1.165, 1.54) is 10.7 Å². The number of aromatic nitrogens is 3. The van der Waals surface area contributed by atoms with Crippen molar-refractivity contribution < 1.29 is 9.21 Å². The van der Waals surface area contributed by atoms with E-state index in [4.69, 9.17) is 4.42 Å². The lowest BCUT2D eigenvalue weighted by molar-refractivity contribution is -0.116. The van der Waals surface area contributed by atoms with Gasteiger partial charge >= 0.3 is 5.63 Å². The van der Waals surface area contributed by atoms with E-state index in [1.807, 2.05) is 13.0 Å². The zero-order chi connectivity index (χ0) is 16.6. The third-order valence-electron chi connectivity index (χ3n) is 3.49. The summed E-state index contributed by atoms with van der Waals surface area (Å²) in [7, 11) is 0. The molecule has 0 spiro atoms. The van der Waals surface area contributed by atoms with E-state index in [0.717, 1.165) is 10.9 Å². The van der Waals surface area contributed by atoms with Crippen LogP contribution in [-0.4, -0.2) is 20.7 Å². The molecule has 7 nitrogen and oxygen atoms in total. The van der Waals surface area contributed by atoms with Crippen molar-refractivity contribution in [1.29, 1.82) is 0 Å². The second kappa shape index (κ2) is 5.68. The number of anilines is 1. The van der Waals surface area contributed by atoms with Gasteiger partial charge in [-0.1, -0.05) is 0 Å². The Kier molecular flexibility index (Phi) is 3.69. The molecule has 0 radical (unpaired) electrons. The predicted molar refractivity (Wildman–Crippen MR) is 85.3 cm³/mol. The first kappa shape index (κ1) is 15.0. The zero-order valence-electron chi connectivity index (χ0n) is 13.1. The number of hydrogen-bond donors (Lipinski definition) is 1. The maximum absolute atomic E-state index is 12.1. The van der Waals surface area contributed by atoms with Crippen LogP contribution in [0.3, 0.4) is 0 Å². The average molecular weight is 312 g/mol. The normalized spacial score (nSPS) is 10.9. The van der Waals surface area contributed by atoms with Gasteiger partial charge in [0.25, 0.3) is 0 Å². The van der Waals surface area contributed by atoms with Crippen LogP contribution in [0.25, 0.3) is 11.0 Å². The smallest absolute Gasteiger partial charge is 0.336 e. The number of carbonyl (C=O) groups is 1. The van der Waals surface area contributed by atoms with Crippen molar-refractivity contribution in [1.82, 2.24) is 14.8 Å². The van der Waals surface area contributed by atoms with E-state index in [9.17, 15) is 9.59 Å². The predicted octanol–water partition coefficient (Wildman–Crippen LogP) is 1.95. The van der Waals surface area contributed by atoms with Gasteiger partial charge in [0.2, 0.25) is 5.91 Å². The molecule has 0 aliphatic carbocycles. The third-order valence-corrected chi connectivity index (χ3v) is 3.49. The van der Waals surface area contributed by atoms with Gasteiger partial charge < -0.3 is 9.73 Å². The fourth-order valence-corrected chi connectivity index (χ4v) is 2.45. The van der Waals surface area contributed by atoms with Crippen molar-refractivity contribution in [2.45, 2.75) is 27.3 Å². The second-order valence-corrected chi connectivity index (χ2v) is 5.37. The molecule has 0 aliphatic heterocycles. The van der Waals surface area contributed by atoms with Crippen LogP contribution >= 0.6 is 0 Å². The molecule has 0 unspecified atom stereocenters. The molecule has 0 fully saturated rings. The second-order valence-electron chi connectivity index (χ2n) is 5.37. The Morgan fingerprint density at radius 1 is 1.26 bits per heavy atom. The van der Waals surface area contributed by atoms with Crippen molar-refractivity contribution >= 4 is 22.6 Å². The van der Waals surface area contributed by atoms with Gasteiger partial charge in [-0.15, -0.1) is 0 Å². The summed E-state index contributed by atoms with van der Waals surface area (Å²) in [6, 6.07) is 6.66. The maximum atomic E-state index is 12.1. The van der Waals surface area contributed by atoms with Crippen LogP contribution in [0.4, 0.5) is 5.69 Å². The standard InChI is InChI=1S/C16H16N4O3/c1-9-6-16(22)23-14-7-12(4-5-13(9)14)18-15(21)8-20-11(3)17-10(2)19-20/h4-7H,8H2,1-3H3,(H,18,21). The number of carbonyl (C=O) groups excluding carboxylic acids is 1. The summed E-state index contributed by atoms with van der Waals surface area (Å²) in [6.45, 7) is 5.48. The minimum Gasteiger partial charge on any atom is -0.423 e. The van der Waals surface area contributed by atoms with E-state index < -0.39 is 5.63 Å². The van der Waals surface area contributed by atoms with Crippen molar-refractivity contribution in [2.75, 3.05) is 5.32 Å². The lowest BCUT2D eigenvalue weighted by atomic mass is 10.1. The van der Waals surface area contributed by atoms with Crippen LogP contribution in [-0.2, 0) is 11.3 Å². The van der Waals surface area contributed by atoms with Gasteiger partial charge in [-0.2, -0.15) is 5.10 Å². The molecule has 2 heterocycles. The molecule has 0 atom stereocenters. The summed E-state index contributed by atoms with van der Waals surface area (Å²) in [5.74, 6) is 1.07. The monoisotopic (exact) mass is 312 g/mol. The Labute approximate surface area is 131 Å². The highest BCUT2D eigenvalue weighted by Gasteiger charge is 2.10. The van der Waals surface area contributed by atoms with Gasteiger partial charge in [0.15, 0.2) is 0 Å². The number of rotatable bonds is 3. The van der Waals surface area contributed by atoms with E-state index in [0.29, 0.717) is 22.9 Å². The summed E-state index contributed by atoms with van der Waals surface area (Å²) in [4.78, 5) is 27.7. The first-order valence-electron chi connectivity index (χ1n) is 7.15. The van der Waals surface area contributed by atoms with Crippen LogP contribution in [0.2, 0.25) is 0 Å². The first-order valence-corrected chi connectivity index (χ1v) is 7.15. The fraction of sp³-hybridized carbons (Fsp3) is 0.250. The SMILES string of the molecule is Cc1nc(C)n(CC(=O)Nc2ccc3c(C)cc(=O)oc3c2)n1. The van der Waals surface area contributed by atoms with Crippen molar-refractivity contribution in [3.8, 4) is 0 Å². The quantitative estimate of drug-likeness (QED) is 0.747. The van der Waals surface area contributed by atoms with Gasteiger partial charge in [0, 0.05) is 23.2 Å². The summed E-state index contributed by atoms with van der Waals surface area (Å²) in [5, 5.41) is 7.76. The molecule has 1 N–H and O–H groups in total. The average Bonchev–Trinajstić information content (AvgIpc) is 2.75. The third kappa shape index (κ3) is 3.13. The largest absolute Gasteiger partial charge is 0.423 e. The molecule has 3 aromatic rings. The van der Waals surface area contributed by atoms with Gasteiger partial charge in [-0.3, -0.25) is 4.79 Å². The van der Waals surface area contributed by atoms with Gasteiger partial charge in [0.05, 0.1) is 0 Å². The molecule has 118 valence electrons. The first-order chi connectivity index (χ1) is 10.9. The summed E-state index contributed by atoms with van der Waals surface area (Å²) in [6.07, 6.45) is 0. The van der Waals surface area contributed by atoms with Gasteiger partial charge in [-0.25, -0.2) is 14.5 Å². The van der Waals surface area contributed by atoms with Crippen LogP contribution < -0.4 is 10.9 Å². The van der Waals surface area contributed by atoms with E-state index in [1.54, 1.807) is 26.0 Å². The van der Waals surface area contributed by atoms with E-state index in [-0.39, 0.29) is 12.5 Å². The maximum Gasteiger partial charge on any atom is 0.336 e. The minimum absolute atomic E-state index is 0.0719. The molecule has 0 saturated heterocycles. The van der Waals surface area contributed by atoms with E-state index >= 15 is 0 Å². The van der Waals surface area contributed by atoms with Crippen LogP contribution in [0.5, 0.6) is 0 Å². The highest BCUT2D eigenvalue weighted by Crippen LogP contribution is 2.20. The Balaban J connectivity index is 1.82. The Bertz CT molecular complexity index is 956. The molecule has 0 aliphatic rings. The Morgan fingerprint density at radius 2 is 2.04 bits per heavy atom. The summed E-state index contributed by atoms with van der Waals surface area (Å²) in [5.41, 5.74) is 1.43. The summed E-state index contributed by atoms with van der Waals surface area (Å²) >= 11 is 0.